The van der Waals surface area contributed by atoms with Gasteiger partial charge in [0.2, 0.25) is 23.6 Å². The van der Waals surface area contributed by atoms with Gasteiger partial charge < -0.3 is 40.5 Å². The summed E-state index contributed by atoms with van der Waals surface area (Å²) in [5.41, 5.74) is 6.21. The number of aromatic carboxylic acids is 1. The van der Waals surface area contributed by atoms with Crippen molar-refractivity contribution in [1.29, 1.82) is 5.26 Å². The molecule has 2 saturated heterocycles. The van der Waals surface area contributed by atoms with E-state index in [1.165, 1.54) is 6.07 Å². The molecule has 4 atom stereocenters. The second-order valence-corrected chi connectivity index (χ2v) is 18.2. The van der Waals surface area contributed by atoms with Crippen molar-refractivity contribution >= 4 is 46.8 Å². The molecule has 3 aromatic carbocycles. The van der Waals surface area contributed by atoms with E-state index in [9.17, 15) is 47.9 Å². The second-order valence-electron chi connectivity index (χ2n) is 18.2. The second kappa shape index (κ2) is 19.1. The molecule has 4 aliphatic heterocycles. The van der Waals surface area contributed by atoms with Crippen LogP contribution in [0.3, 0.4) is 0 Å². The highest BCUT2D eigenvalue weighted by atomic mass is 19.3. The molecule has 0 radical (unpaired) electrons. The number of nitrogens with zero attached hydrogens (tertiary/aromatic N) is 5. The largest absolute Gasteiger partial charge is 0.478 e. The Balaban J connectivity index is 0.836. The maximum absolute atomic E-state index is 14.0. The van der Waals surface area contributed by atoms with E-state index >= 15 is 0 Å². The van der Waals surface area contributed by atoms with Crippen molar-refractivity contribution in [2.75, 3.05) is 52.7 Å². The predicted octanol–water partition coefficient (Wildman–Crippen LogP) is 4.00. The van der Waals surface area contributed by atoms with Crippen LogP contribution in [0.1, 0.15) is 74.2 Å². The van der Waals surface area contributed by atoms with E-state index in [0.29, 0.717) is 41.2 Å². The summed E-state index contributed by atoms with van der Waals surface area (Å²) < 4.78 is 34.4. The number of nitrogens with one attached hydrogen (secondary N) is 3. The first-order valence-electron chi connectivity index (χ1n) is 22.4. The van der Waals surface area contributed by atoms with Gasteiger partial charge in [0, 0.05) is 106 Å². The number of aryl methyl sites for hydroxylation is 1. The molecule has 0 aromatic heterocycles. The Morgan fingerprint density at radius 3 is 2.50 bits per heavy atom. The van der Waals surface area contributed by atoms with Crippen molar-refractivity contribution < 1.29 is 47.4 Å². The van der Waals surface area contributed by atoms with Gasteiger partial charge in [-0.3, -0.25) is 28.9 Å². The van der Waals surface area contributed by atoms with Crippen molar-refractivity contribution in [1.82, 2.24) is 30.7 Å². The van der Waals surface area contributed by atoms with E-state index in [1.54, 1.807) is 23.1 Å². The molecule has 3 aromatic rings. The van der Waals surface area contributed by atoms with Crippen LogP contribution in [-0.4, -0.2) is 127 Å². The molecular formula is C50H52F2N8O8. The first-order chi connectivity index (χ1) is 32.4. The number of carboxylic acids is 1. The Morgan fingerprint density at radius 1 is 1.00 bits per heavy atom. The molecule has 2 fully saturated rings. The van der Waals surface area contributed by atoms with Crippen LogP contribution in [0.5, 0.6) is 5.75 Å². The summed E-state index contributed by atoms with van der Waals surface area (Å²) in [4.78, 5) is 84.8. The summed E-state index contributed by atoms with van der Waals surface area (Å²) in [6.07, 6.45) is 5.44. The van der Waals surface area contributed by atoms with Gasteiger partial charge in [-0.05, 0) is 79.5 Å². The highest BCUT2D eigenvalue weighted by Gasteiger charge is 2.50. The minimum Gasteiger partial charge on any atom is -0.478 e. The molecule has 0 bridgehead atoms. The fourth-order valence-electron chi connectivity index (χ4n) is 9.41. The minimum atomic E-state index is -3.19. The van der Waals surface area contributed by atoms with Crippen molar-refractivity contribution in [3.63, 3.8) is 0 Å². The maximum Gasteiger partial charge on any atom is 0.336 e. The Labute approximate surface area is 391 Å². The van der Waals surface area contributed by atoms with Gasteiger partial charge in [-0.2, -0.15) is 5.26 Å². The van der Waals surface area contributed by atoms with Crippen molar-refractivity contribution in [2.45, 2.75) is 69.2 Å². The number of hydrogen-bond donors (Lipinski definition) is 4. The molecule has 0 spiro atoms. The molecule has 0 saturated carbocycles. The number of carbonyl (C=O) groups excluding carboxylic acids is 5. The number of nitriles is 1. The minimum absolute atomic E-state index is 0.0361. The first-order valence-corrected chi connectivity index (χ1v) is 22.4. The van der Waals surface area contributed by atoms with Gasteiger partial charge in [-0.25, -0.2) is 13.6 Å². The molecule has 5 aliphatic rings. The summed E-state index contributed by atoms with van der Waals surface area (Å²) in [5.74, 6) is -6.42. The number of allylic oxidation sites excluding steroid dienone is 1. The van der Waals surface area contributed by atoms with Crippen molar-refractivity contribution in [3.8, 4) is 11.8 Å². The number of benzene rings is 3. The number of hydrogen-bond acceptors (Lipinski definition) is 10. The van der Waals surface area contributed by atoms with E-state index in [2.05, 4.69) is 16.0 Å². The van der Waals surface area contributed by atoms with Gasteiger partial charge in [-0.15, -0.1) is 0 Å². The van der Waals surface area contributed by atoms with Crippen LogP contribution in [0.25, 0.3) is 5.57 Å². The molecule has 354 valence electrons. The summed E-state index contributed by atoms with van der Waals surface area (Å²) in [6.45, 7) is -0.150. The van der Waals surface area contributed by atoms with Gasteiger partial charge in [0.15, 0.2) is 0 Å². The molecule has 4 heterocycles. The molecule has 8 rings (SSSR count). The number of amides is 5. The lowest BCUT2D eigenvalue weighted by Gasteiger charge is -2.31. The normalized spacial score (nSPS) is 21.0. The molecule has 5 amide bonds. The SMILES string of the molecule is CN(C)c1ccc2c(c1)OC1=CC(N(C)C)C=CC1=C2c1ccc(C(=O)NCCNC(=O)CCc2cccc3c2CN(C(=O)C[C@@H]2C[C@@H](C(=O)N4CC(F)(F)CC4C#N)NC2=O)C3)cc1C(=O)O. The van der Waals surface area contributed by atoms with E-state index < -0.39 is 60.6 Å². The van der Waals surface area contributed by atoms with Gasteiger partial charge >= 0.3 is 5.97 Å². The van der Waals surface area contributed by atoms with Gasteiger partial charge in [0.05, 0.1) is 18.2 Å². The smallest absolute Gasteiger partial charge is 0.336 e. The Kier molecular flexibility index (Phi) is 13.2. The predicted molar refractivity (Wildman–Crippen MR) is 245 cm³/mol. The number of rotatable bonds is 14. The van der Waals surface area contributed by atoms with Crippen LogP contribution in [-0.2, 0) is 38.7 Å². The molecule has 18 heteroatoms. The molecule has 4 N–H and O–H groups in total. The first kappa shape index (κ1) is 47.1. The number of carbonyl (C=O) groups is 6. The number of fused-ring (bicyclic) bond motifs is 3. The summed E-state index contributed by atoms with van der Waals surface area (Å²) in [7, 11) is 7.76. The zero-order valence-electron chi connectivity index (χ0n) is 38.1. The molecule has 2 unspecified atom stereocenters. The average Bonchev–Trinajstić information content (AvgIpc) is 4.01. The molecule has 1 aliphatic carbocycles. The fourth-order valence-corrected chi connectivity index (χ4v) is 9.41. The third kappa shape index (κ3) is 9.70. The lowest BCUT2D eigenvalue weighted by atomic mass is 9.84. The van der Waals surface area contributed by atoms with E-state index in [1.807, 2.05) is 92.6 Å². The van der Waals surface area contributed by atoms with E-state index in [-0.39, 0.29) is 67.9 Å². The van der Waals surface area contributed by atoms with Crippen LogP contribution >= 0.6 is 0 Å². The van der Waals surface area contributed by atoms with E-state index in [4.69, 9.17) is 4.74 Å². The lowest BCUT2D eigenvalue weighted by Crippen LogP contribution is -2.46. The van der Waals surface area contributed by atoms with Gasteiger partial charge in [-0.1, -0.05) is 36.4 Å². The summed E-state index contributed by atoms with van der Waals surface area (Å²) in [5, 5.41) is 27.9. The number of likely N-dealkylation sites (N-methyl/N-ethyl adjacent to an activating group) is 1. The zero-order valence-corrected chi connectivity index (χ0v) is 38.1. The average molecular weight is 931 g/mol. The monoisotopic (exact) mass is 930 g/mol. The third-order valence-electron chi connectivity index (χ3n) is 13.1. The Morgan fingerprint density at radius 2 is 1.76 bits per heavy atom. The van der Waals surface area contributed by atoms with Gasteiger partial charge in [0.25, 0.3) is 11.8 Å². The van der Waals surface area contributed by atoms with Crippen LogP contribution < -0.4 is 25.6 Å². The highest BCUT2D eigenvalue weighted by Crippen LogP contribution is 2.45. The molecule has 68 heavy (non-hydrogen) atoms. The standard InChI is InChI=1S/C50H52F2N8O8/c1-57(2)32-10-13-36-41(21-32)68-42-22-33(58(3)4)11-14-37(42)45(36)35-12-8-29(18-38(35)49(66)67)46(63)55-17-16-54-43(61)15-9-28-6-5-7-30-25-59(26-39(28)30)44(62)20-31-19-40(56-47(31)64)48(65)60-27-50(51,52)23-34(60)24-53/h5-8,10-14,18,21-22,31-32,34,40H,9,15-17,19-20,23,25-27H2,1-4H3,(H,54,61)(H,55,63)(H,56,64)(H,66,67)/t31-,32?,34?,40-/m0/s1. The number of ether oxygens (including phenoxy) is 1. The third-order valence-corrected chi connectivity index (χ3v) is 13.1. The topological polar surface area (TPSA) is 205 Å². The fraction of sp³-hybridized carbons (Fsp3) is 0.380. The van der Waals surface area contributed by atoms with Gasteiger partial charge in [0.1, 0.15) is 23.6 Å². The maximum atomic E-state index is 14.0. The highest BCUT2D eigenvalue weighted by molar-refractivity contribution is 6.04. The number of halogens is 2. The van der Waals surface area contributed by atoms with E-state index in [0.717, 1.165) is 32.9 Å². The van der Waals surface area contributed by atoms with Crippen LogP contribution in [0.2, 0.25) is 0 Å². The van der Waals surface area contributed by atoms with Crippen LogP contribution in [0.15, 0.2) is 84.2 Å². The van der Waals surface area contributed by atoms with Crippen LogP contribution in [0.4, 0.5) is 14.5 Å². The lowest BCUT2D eigenvalue weighted by molar-refractivity contribution is -0.135. The van der Waals surface area contributed by atoms with Crippen LogP contribution in [0, 0.1) is 17.2 Å². The zero-order chi connectivity index (χ0) is 48.6. The van der Waals surface area contributed by atoms with Crippen molar-refractivity contribution in [3.05, 3.63) is 123 Å². The number of alkyl halides is 2. The Bertz CT molecular complexity index is 2740. The number of carboxylic acid groups (broad SMARTS) is 1. The Hall–Kier alpha value is -7.39. The van der Waals surface area contributed by atoms with Crippen molar-refractivity contribution in [2.24, 2.45) is 5.92 Å². The molecular weight excluding hydrogens is 879 g/mol. The summed E-state index contributed by atoms with van der Waals surface area (Å²) in [6, 6.07) is 15.3. The molecule has 16 nitrogen and oxygen atoms in total. The summed E-state index contributed by atoms with van der Waals surface area (Å²) >= 11 is 0. The number of anilines is 1. The number of likely N-dealkylation sites (tertiary alicyclic amines) is 1. The quantitative estimate of drug-likeness (QED) is 0.170.